The molecule has 0 spiro atoms. The van der Waals surface area contributed by atoms with E-state index in [9.17, 15) is 0 Å². The Labute approximate surface area is 123 Å². The predicted octanol–water partition coefficient (Wildman–Crippen LogP) is 2.62. The molecule has 1 unspecified atom stereocenters. The van der Waals surface area contributed by atoms with Gasteiger partial charge in [0.25, 0.3) is 0 Å². The van der Waals surface area contributed by atoms with E-state index in [-0.39, 0.29) is 0 Å². The minimum Gasteiger partial charge on any atom is -0.382 e. The Morgan fingerprint density at radius 3 is 2.85 bits per heavy atom. The molecular weight excluding hydrogens is 248 g/mol. The van der Waals surface area contributed by atoms with Crippen molar-refractivity contribution in [1.82, 2.24) is 9.80 Å². The molecule has 112 valence electrons. The van der Waals surface area contributed by atoms with Gasteiger partial charge in [-0.05, 0) is 32.4 Å². The van der Waals surface area contributed by atoms with Crippen molar-refractivity contribution in [2.45, 2.75) is 32.4 Å². The fourth-order valence-corrected chi connectivity index (χ4v) is 2.90. The normalized spacial score (nSPS) is 19.9. The van der Waals surface area contributed by atoms with Gasteiger partial charge in [-0.15, -0.1) is 0 Å². The van der Waals surface area contributed by atoms with Gasteiger partial charge >= 0.3 is 0 Å². The lowest BCUT2D eigenvalue weighted by Gasteiger charge is -2.24. The number of likely N-dealkylation sites (tertiary alicyclic amines) is 1. The van der Waals surface area contributed by atoms with Crippen LogP contribution in [0.2, 0.25) is 0 Å². The van der Waals surface area contributed by atoms with Gasteiger partial charge in [-0.2, -0.15) is 0 Å². The van der Waals surface area contributed by atoms with Crippen LogP contribution < -0.4 is 0 Å². The summed E-state index contributed by atoms with van der Waals surface area (Å²) >= 11 is 0. The average Bonchev–Trinajstić information content (AvgIpc) is 2.93. The molecule has 1 saturated heterocycles. The van der Waals surface area contributed by atoms with Gasteiger partial charge in [0.2, 0.25) is 0 Å². The van der Waals surface area contributed by atoms with E-state index < -0.39 is 0 Å². The summed E-state index contributed by atoms with van der Waals surface area (Å²) in [5, 5.41) is 0. The molecule has 1 aliphatic rings. The van der Waals surface area contributed by atoms with Crippen LogP contribution in [0.5, 0.6) is 0 Å². The number of nitrogens with zero attached hydrogens (tertiary/aromatic N) is 2. The highest BCUT2D eigenvalue weighted by Crippen LogP contribution is 2.17. The molecule has 1 aromatic rings. The van der Waals surface area contributed by atoms with Crippen molar-refractivity contribution in [2.75, 3.05) is 39.9 Å². The highest BCUT2D eigenvalue weighted by atomic mass is 16.5. The zero-order valence-corrected chi connectivity index (χ0v) is 12.9. The second-order valence-electron chi connectivity index (χ2n) is 5.69. The maximum absolute atomic E-state index is 5.41. The van der Waals surface area contributed by atoms with E-state index >= 15 is 0 Å². The van der Waals surface area contributed by atoms with Crippen molar-refractivity contribution in [1.29, 1.82) is 0 Å². The van der Waals surface area contributed by atoms with E-state index in [1.165, 1.54) is 25.1 Å². The van der Waals surface area contributed by atoms with Gasteiger partial charge in [0.05, 0.1) is 0 Å². The lowest BCUT2D eigenvalue weighted by Crippen LogP contribution is -2.35. The number of hydrogen-bond acceptors (Lipinski definition) is 3. The molecule has 0 amide bonds. The van der Waals surface area contributed by atoms with E-state index in [1.807, 2.05) is 0 Å². The molecule has 0 bridgehead atoms. The fraction of sp³-hybridized carbons (Fsp3) is 0.647. The van der Waals surface area contributed by atoms with Crippen molar-refractivity contribution in [3.8, 4) is 0 Å². The summed E-state index contributed by atoms with van der Waals surface area (Å²) in [5.74, 6) is 0. The minimum absolute atomic E-state index is 0.709. The summed E-state index contributed by atoms with van der Waals surface area (Å²) < 4.78 is 5.41. The van der Waals surface area contributed by atoms with Gasteiger partial charge in [0.15, 0.2) is 0 Å². The Morgan fingerprint density at radius 2 is 2.10 bits per heavy atom. The predicted molar refractivity (Wildman–Crippen MR) is 83.9 cm³/mol. The van der Waals surface area contributed by atoms with Crippen LogP contribution >= 0.6 is 0 Å². The molecule has 3 heteroatoms. The van der Waals surface area contributed by atoms with E-state index in [0.29, 0.717) is 6.04 Å². The summed E-state index contributed by atoms with van der Waals surface area (Å²) in [4.78, 5) is 5.07. The minimum atomic E-state index is 0.709. The molecule has 1 atom stereocenters. The first-order valence-corrected chi connectivity index (χ1v) is 7.84. The SMILES string of the molecule is CCOCCCN(C)C1CCN(Cc2ccccc2)C1. The lowest BCUT2D eigenvalue weighted by molar-refractivity contribution is 0.128. The molecule has 0 N–H and O–H groups in total. The highest BCUT2D eigenvalue weighted by Gasteiger charge is 2.25. The summed E-state index contributed by atoms with van der Waals surface area (Å²) in [7, 11) is 2.25. The topological polar surface area (TPSA) is 15.7 Å². The van der Waals surface area contributed by atoms with Crippen molar-refractivity contribution in [3.63, 3.8) is 0 Å². The van der Waals surface area contributed by atoms with Crippen molar-refractivity contribution < 1.29 is 4.74 Å². The van der Waals surface area contributed by atoms with E-state index in [0.717, 1.165) is 32.7 Å². The monoisotopic (exact) mass is 276 g/mol. The van der Waals surface area contributed by atoms with E-state index in [4.69, 9.17) is 4.74 Å². The Kier molecular flexibility index (Phi) is 6.51. The van der Waals surface area contributed by atoms with Gasteiger partial charge < -0.3 is 9.64 Å². The maximum atomic E-state index is 5.41. The third-order valence-electron chi connectivity index (χ3n) is 4.12. The maximum Gasteiger partial charge on any atom is 0.0478 e. The zero-order chi connectivity index (χ0) is 14.2. The first-order valence-electron chi connectivity index (χ1n) is 7.84. The highest BCUT2D eigenvalue weighted by molar-refractivity contribution is 5.14. The fourth-order valence-electron chi connectivity index (χ4n) is 2.90. The van der Waals surface area contributed by atoms with Crippen LogP contribution in [0.25, 0.3) is 0 Å². The number of ether oxygens (including phenoxy) is 1. The average molecular weight is 276 g/mol. The van der Waals surface area contributed by atoms with Crippen molar-refractivity contribution >= 4 is 0 Å². The summed E-state index contributed by atoms with van der Waals surface area (Å²) in [6, 6.07) is 11.5. The molecule has 1 heterocycles. The third-order valence-corrected chi connectivity index (χ3v) is 4.12. The molecule has 0 saturated carbocycles. The summed E-state index contributed by atoms with van der Waals surface area (Å²) in [6.45, 7) is 8.42. The van der Waals surface area contributed by atoms with Crippen LogP contribution in [0.3, 0.4) is 0 Å². The number of rotatable bonds is 8. The first-order chi connectivity index (χ1) is 9.79. The largest absolute Gasteiger partial charge is 0.382 e. The number of likely N-dealkylation sites (N-methyl/N-ethyl adjacent to an activating group) is 1. The molecule has 0 aliphatic carbocycles. The molecule has 1 fully saturated rings. The quantitative estimate of drug-likeness (QED) is 0.679. The third kappa shape index (κ3) is 4.89. The lowest BCUT2D eigenvalue weighted by atomic mass is 10.2. The van der Waals surface area contributed by atoms with Crippen LogP contribution in [0.4, 0.5) is 0 Å². The molecule has 1 aliphatic heterocycles. The summed E-state index contributed by atoms with van der Waals surface area (Å²) in [5.41, 5.74) is 1.42. The molecule has 0 radical (unpaired) electrons. The second kappa shape index (κ2) is 8.40. The van der Waals surface area contributed by atoms with Crippen LogP contribution in [0, 0.1) is 0 Å². The Morgan fingerprint density at radius 1 is 1.30 bits per heavy atom. The zero-order valence-electron chi connectivity index (χ0n) is 12.9. The van der Waals surface area contributed by atoms with Gasteiger partial charge in [-0.3, -0.25) is 4.90 Å². The first kappa shape index (κ1) is 15.5. The molecule has 3 nitrogen and oxygen atoms in total. The molecule has 20 heavy (non-hydrogen) atoms. The molecular formula is C17H28N2O. The van der Waals surface area contributed by atoms with Gasteiger partial charge in [0.1, 0.15) is 0 Å². The smallest absolute Gasteiger partial charge is 0.0478 e. The van der Waals surface area contributed by atoms with Crippen molar-refractivity contribution in [3.05, 3.63) is 35.9 Å². The standard InChI is InChI=1S/C17H28N2O/c1-3-20-13-7-11-18(2)17-10-12-19(15-17)14-16-8-5-4-6-9-16/h4-6,8-9,17H,3,7,10-15H2,1-2H3. The summed E-state index contributed by atoms with van der Waals surface area (Å²) in [6.07, 6.45) is 2.43. The molecule has 0 aromatic heterocycles. The van der Waals surface area contributed by atoms with E-state index in [2.05, 4.69) is 54.1 Å². The molecule has 2 rings (SSSR count). The van der Waals surface area contributed by atoms with E-state index in [1.54, 1.807) is 0 Å². The van der Waals surface area contributed by atoms with Gasteiger partial charge in [-0.1, -0.05) is 30.3 Å². The number of benzene rings is 1. The van der Waals surface area contributed by atoms with Crippen LogP contribution in [-0.4, -0.2) is 55.7 Å². The van der Waals surface area contributed by atoms with Crippen LogP contribution in [0.1, 0.15) is 25.3 Å². The van der Waals surface area contributed by atoms with Crippen LogP contribution in [0.15, 0.2) is 30.3 Å². The Balaban J connectivity index is 1.69. The molecule has 1 aromatic carbocycles. The van der Waals surface area contributed by atoms with Gasteiger partial charge in [0, 0.05) is 45.4 Å². The second-order valence-corrected chi connectivity index (χ2v) is 5.69. The van der Waals surface area contributed by atoms with Crippen LogP contribution in [-0.2, 0) is 11.3 Å². The van der Waals surface area contributed by atoms with Gasteiger partial charge in [-0.25, -0.2) is 0 Å². The Bertz CT molecular complexity index is 369. The number of hydrogen-bond donors (Lipinski definition) is 0. The van der Waals surface area contributed by atoms with Crippen molar-refractivity contribution in [2.24, 2.45) is 0 Å². The Hall–Kier alpha value is -0.900.